The van der Waals surface area contributed by atoms with E-state index in [1.54, 1.807) is 6.92 Å². The smallest absolute Gasteiger partial charge is 0.128 e. The third-order valence-corrected chi connectivity index (χ3v) is 1.41. The first kappa shape index (κ1) is 9.26. The summed E-state index contributed by atoms with van der Waals surface area (Å²) in [6.07, 6.45) is 0.337. The highest BCUT2D eigenvalue weighted by atomic mass is 35.5. The maximum Gasteiger partial charge on any atom is 0.128 e. The lowest BCUT2D eigenvalue weighted by molar-refractivity contribution is 0.0349. The molecule has 0 spiro atoms. The van der Waals surface area contributed by atoms with Crippen LogP contribution in [0.15, 0.2) is 0 Å². The van der Waals surface area contributed by atoms with Gasteiger partial charge in [0, 0.05) is 0 Å². The van der Waals surface area contributed by atoms with Crippen LogP contribution in [0.5, 0.6) is 0 Å². The Kier molecular flexibility index (Phi) is 4.15. The molecule has 11 heavy (non-hydrogen) atoms. The lowest BCUT2D eigenvalue weighted by atomic mass is 10.5. The Balaban J connectivity index is 1.73. The van der Waals surface area contributed by atoms with Crippen molar-refractivity contribution in [2.45, 2.75) is 18.6 Å². The van der Waals surface area contributed by atoms with Crippen LogP contribution in [0.3, 0.4) is 0 Å². The van der Waals surface area contributed by atoms with Gasteiger partial charge in [0.25, 0.3) is 0 Å². The minimum Gasteiger partial charge on any atom is -0.376 e. The van der Waals surface area contributed by atoms with Crippen LogP contribution in [0.25, 0.3) is 0 Å². The Bertz CT molecular complexity index is 99.9. The van der Waals surface area contributed by atoms with Crippen LogP contribution in [0, 0.1) is 0 Å². The predicted molar refractivity (Wildman–Crippen MR) is 41.8 cm³/mol. The van der Waals surface area contributed by atoms with E-state index in [9.17, 15) is 0 Å². The lowest BCUT2D eigenvalue weighted by Crippen LogP contribution is -2.10. The summed E-state index contributed by atoms with van der Waals surface area (Å²) in [7, 11) is 0. The van der Waals surface area contributed by atoms with E-state index < -0.39 is 0 Å². The van der Waals surface area contributed by atoms with E-state index in [1.165, 1.54) is 0 Å². The fourth-order valence-electron chi connectivity index (χ4n) is 0.648. The van der Waals surface area contributed by atoms with Crippen LogP contribution in [-0.2, 0) is 14.2 Å². The second kappa shape index (κ2) is 4.93. The number of hydrogen-bond acceptors (Lipinski definition) is 3. The largest absolute Gasteiger partial charge is 0.376 e. The molecule has 0 radical (unpaired) electrons. The van der Waals surface area contributed by atoms with Gasteiger partial charge < -0.3 is 14.2 Å². The maximum absolute atomic E-state index is 5.53. The molecule has 1 aliphatic heterocycles. The number of halogens is 1. The van der Waals surface area contributed by atoms with Crippen molar-refractivity contribution in [1.29, 1.82) is 0 Å². The van der Waals surface area contributed by atoms with E-state index >= 15 is 0 Å². The van der Waals surface area contributed by atoms with Gasteiger partial charge in [0.15, 0.2) is 0 Å². The maximum atomic E-state index is 5.53. The highest BCUT2D eigenvalue weighted by Crippen LogP contribution is 2.08. The van der Waals surface area contributed by atoms with E-state index in [-0.39, 0.29) is 5.56 Å². The molecule has 2 unspecified atom stereocenters. The van der Waals surface area contributed by atoms with Crippen molar-refractivity contribution >= 4 is 11.6 Å². The monoisotopic (exact) mass is 180 g/mol. The summed E-state index contributed by atoms with van der Waals surface area (Å²) in [6.45, 7) is 4.45. The summed E-state index contributed by atoms with van der Waals surface area (Å²) in [6, 6.07) is 0. The van der Waals surface area contributed by atoms with Crippen LogP contribution in [0.4, 0.5) is 0 Å². The van der Waals surface area contributed by atoms with Crippen LogP contribution in [0.1, 0.15) is 6.92 Å². The molecule has 0 aromatic rings. The zero-order valence-electron chi connectivity index (χ0n) is 6.59. The van der Waals surface area contributed by atoms with E-state index in [0.29, 0.717) is 25.9 Å². The molecule has 66 valence electrons. The first-order valence-corrected chi connectivity index (χ1v) is 4.17. The van der Waals surface area contributed by atoms with Crippen molar-refractivity contribution in [3.05, 3.63) is 0 Å². The van der Waals surface area contributed by atoms with Gasteiger partial charge in [-0.3, -0.25) is 0 Å². The van der Waals surface area contributed by atoms with Gasteiger partial charge in [-0.2, -0.15) is 0 Å². The Hall–Kier alpha value is 0.170. The van der Waals surface area contributed by atoms with Crippen molar-refractivity contribution in [1.82, 2.24) is 0 Å². The van der Waals surface area contributed by atoms with Gasteiger partial charge in [-0.1, -0.05) is 11.6 Å². The van der Waals surface area contributed by atoms with Crippen LogP contribution < -0.4 is 0 Å². The molecule has 2 atom stereocenters. The molecule has 0 bridgehead atoms. The molecule has 0 amide bonds. The minimum atomic E-state index is -0.226. The summed E-state index contributed by atoms with van der Waals surface area (Å²) in [5.74, 6) is 0. The first-order valence-electron chi connectivity index (χ1n) is 3.74. The van der Waals surface area contributed by atoms with Crippen molar-refractivity contribution in [3.63, 3.8) is 0 Å². The van der Waals surface area contributed by atoms with E-state index in [4.69, 9.17) is 25.8 Å². The quantitative estimate of drug-likeness (QED) is 0.347. The van der Waals surface area contributed by atoms with Gasteiger partial charge in [0.2, 0.25) is 0 Å². The highest BCUT2D eigenvalue weighted by Gasteiger charge is 2.21. The van der Waals surface area contributed by atoms with Crippen LogP contribution in [-0.4, -0.2) is 38.1 Å². The summed E-state index contributed by atoms with van der Waals surface area (Å²) in [5, 5.41) is 0. The van der Waals surface area contributed by atoms with E-state index in [0.717, 1.165) is 6.61 Å². The summed E-state index contributed by atoms with van der Waals surface area (Å²) in [5.41, 5.74) is -0.226. The fraction of sp³-hybridized carbons (Fsp3) is 1.00. The minimum absolute atomic E-state index is 0.226. The molecule has 0 aromatic carbocycles. The molecule has 1 saturated heterocycles. The SMILES string of the molecule is CC(Cl)OCCOCC1CO1. The molecule has 4 heteroatoms. The van der Waals surface area contributed by atoms with Crippen molar-refractivity contribution in [2.75, 3.05) is 26.4 Å². The molecule has 0 aromatic heterocycles. The first-order chi connectivity index (χ1) is 5.29. The number of alkyl halides is 1. The average Bonchev–Trinajstić information content (AvgIpc) is 2.70. The molecular formula is C7H13ClO3. The number of epoxide rings is 1. The molecule has 1 rings (SSSR count). The number of rotatable bonds is 6. The zero-order chi connectivity index (χ0) is 8.10. The summed E-state index contributed by atoms with van der Waals surface area (Å²) in [4.78, 5) is 0. The van der Waals surface area contributed by atoms with Crippen molar-refractivity contribution in [3.8, 4) is 0 Å². The van der Waals surface area contributed by atoms with Crippen LogP contribution >= 0.6 is 11.6 Å². The van der Waals surface area contributed by atoms with Gasteiger partial charge in [-0.15, -0.1) is 0 Å². The standard InChI is InChI=1S/C7H13ClO3/c1-6(8)10-3-2-9-4-7-5-11-7/h6-7H,2-5H2,1H3. The second-order valence-electron chi connectivity index (χ2n) is 2.44. The van der Waals surface area contributed by atoms with Gasteiger partial charge >= 0.3 is 0 Å². The third-order valence-electron chi connectivity index (χ3n) is 1.28. The molecule has 0 saturated carbocycles. The Morgan fingerprint density at radius 3 is 2.91 bits per heavy atom. The molecule has 1 aliphatic rings. The molecule has 0 aliphatic carbocycles. The Morgan fingerprint density at radius 1 is 1.64 bits per heavy atom. The van der Waals surface area contributed by atoms with Crippen molar-refractivity contribution < 1.29 is 14.2 Å². The molecular weight excluding hydrogens is 168 g/mol. The van der Waals surface area contributed by atoms with Gasteiger partial charge in [-0.05, 0) is 6.92 Å². The number of ether oxygens (including phenoxy) is 3. The average molecular weight is 181 g/mol. The highest BCUT2D eigenvalue weighted by molar-refractivity contribution is 6.19. The molecule has 3 nitrogen and oxygen atoms in total. The van der Waals surface area contributed by atoms with Gasteiger partial charge in [0.05, 0.1) is 26.4 Å². The van der Waals surface area contributed by atoms with E-state index in [1.807, 2.05) is 0 Å². The molecule has 1 fully saturated rings. The van der Waals surface area contributed by atoms with Crippen LogP contribution in [0.2, 0.25) is 0 Å². The fourth-order valence-corrected chi connectivity index (χ4v) is 0.738. The van der Waals surface area contributed by atoms with E-state index in [2.05, 4.69) is 0 Å². The lowest BCUT2D eigenvalue weighted by Gasteiger charge is -2.05. The number of hydrogen-bond donors (Lipinski definition) is 0. The summed E-state index contributed by atoms with van der Waals surface area (Å²) >= 11 is 5.53. The molecule has 1 heterocycles. The Morgan fingerprint density at radius 2 is 2.36 bits per heavy atom. The zero-order valence-corrected chi connectivity index (χ0v) is 7.34. The second-order valence-corrected chi connectivity index (χ2v) is 3.06. The van der Waals surface area contributed by atoms with Gasteiger partial charge in [-0.25, -0.2) is 0 Å². The van der Waals surface area contributed by atoms with Gasteiger partial charge in [0.1, 0.15) is 11.7 Å². The van der Waals surface area contributed by atoms with Crippen molar-refractivity contribution in [2.24, 2.45) is 0 Å². The predicted octanol–water partition coefficient (Wildman–Crippen LogP) is 1.00. The Labute approximate surface area is 71.6 Å². The topological polar surface area (TPSA) is 31.0 Å². The summed E-state index contributed by atoms with van der Waals surface area (Å²) < 4.78 is 15.2. The normalized spacial score (nSPS) is 25.1. The third kappa shape index (κ3) is 5.44. The molecule has 0 N–H and O–H groups in total.